The molecule has 1 aromatic carbocycles. The Morgan fingerprint density at radius 2 is 2.31 bits per heavy atom. The van der Waals surface area contributed by atoms with Crippen molar-refractivity contribution in [3.8, 4) is 5.75 Å². The van der Waals surface area contributed by atoms with Gasteiger partial charge in [0.25, 0.3) is 0 Å². The molecule has 1 nitrogen and oxygen atoms in total. The largest absolute Gasteiger partial charge is 0.493 e. The number of rotatable bonds is 1. The van der Waals surface area contributed by atoms with Gasteiger partial charge in [0.05, 0.1) is 6.61 Å². The summed E-state index contributed by atoms with van der Waals surface area (Å²) in [5.74, 6) is 1.10. The van der Waals surface area contributed by atoms with E-state index in [2.05, 4.69) is 57.6 Å². The van der Waals surface area contributed by atoms with Crippen LogP contribution in [0.4, 0.5) is 0 Å². The minimum atomic E-state index is 0.370. The van der Waals surface area contributed by atoms with Gasteiger partial charge in [0, 0.05) is 20.4 Å². The molecule has 1 aromatic rings. The maximum atomic E-state index is 5.61. The van der Waals surface area contributed by atoms with Gasteiger partial charge < -0.3 is 4.74 Å². The molecule has 13 heavy (non-hydrogen) atoms. The Bertz CT molecular complexity index is 336. The van der Waals surface area contributed by atoms with Crippen LogP contribution in [0.1, 0.15) is 22.9 Å². The molecule has 0 N–H and O–H groups in total. The molecule has 1 aliphatic heterocycles. The molecular weight excluding hydrogens is 343 g/mol. The molecular formula is C10H10BrIO. The lowest BCUT2D eigenvalue weighted by atomic mass is 10.1. The van der Waals surface area contributed by atoms with E-state index in [9.17, 15) is 0 Å². The Morgan fingerprint density at radius 3 is 3.00 bits per heavy atom. The van der Waals surface area contributed by atoms with Crippen LogP contribution in [0.3, 0.4) is 0 Å². The average Bonchev–Trinajstić information content (AvgIpc) is 2.49. The van der Waals surface area contributed by atoms with Crippen molar-refractivity contribution in [2.75, 3.05) is 6.61 Å². The van der Waals surface area contributed by atoms with Crippen LogP contribution in [0.2, 0.25) is 0 Å². The van der Waals surface area contributed by atoms with Gasteiger partial charge in [0.1, 0.15) is 5.75 Å². The Balaban J connectivity index is 2.55. The van der Waals surface area contributed by atoms with Crippen LogP contribution < -0.4 is 4.74 Å². The number of alkyl halides is 1. The summed E-state index contributed by atoms with van der Waals surface area (Å²) in [6.45, 7) is 2.97. The summed E-state index contributed by atoms with van der Waals surface area (Å²) in [7, 11) is 0. The normalized spacial score (nSPS) is 16.5. The fraction of sp³-hybridized carbons (Fsp3) is 0.400. The fourth-order valence-electron chi connectivity index (χ4n) is 1.59. The fourth-order valence-corrected chi connectivity index (χ4v) is 2.64. The number of hydrogen-bond acceptors (Lipinski definition) is 1. The molecule has 0 aromatic heterocycles. The summed E-state index contributed by atoms with van der Waals surface area (Å²) in [5.41, 5.74) is 2.63. The third-order valence-corrected chi connectivity index (χ3v) is 3.32. The van der Waals surface area contributed by atoms with Gasteiger partial charge in [-0.1, -0.05) is 15.9 Å². The highest BCUT2D eigenvalue weighted by atomic mass is 127. The molecule has 1 unspecified atom stereocenters. The van der Waals surface area contributed by atoms with E-state index in [1.165, 1.54) is 14.7 Å². The van der Waals surface area contributed by atoms with Gasteiger partial charge >= 0.3 is 0 Å². The predicted octanol–water partition coefficient (Wildman–Crippen LogP) is 3.68. The van der Waals surface area contributed by atoms with Gasteiger partial charge in [0.15, 0.2) is 0 Å². The second-order valence-corrected chi connectivity index (χ2v) is 5.82. The first-order chi connectivity index (χ1) is 6.18. The topological polar surface area (TPSA) is 9.23 Å². The quantitative estimate of drug-likeness (QED) is 0.553. The molecule has 0 radical (unpaired) electrons. The zero-order valence-electron chi connectivity index (χ0n) is 7.31. The summed E-state index contributed by atoms with van der Waals surface area (Å²) in [6.07, 6.45) is 1.05. The lowest BCUT2D eigenvalue weighted by molar-refractivity contribution is 0.353. The molecule has 0 amide bonds. The zero-order chi connectivity index (χ0) is 9.42. The highest BCUT2D eigenvalue weighted by Crippen LogP contribution is 2.38. The van der Waals surface area contributed by atoms with Crippen LogP contribution >= 0.6 is 38.5 Å². The van der Waals surface area contributed by atoms with Crippen LogP contribution in [0.25, 0.3) is 0 Å². The first kappa shape index (κ1) is 9.77. The molecule has 0 aliphatic carbocycles. The molecule has 70 valence electrons. The minimum absolute atomic E-state index is 0.370. The first-order valence-corrected chi connectivity index (χ1v) is 6.27. The predicted molar refractivity (Wildman–Crippen MR) is 65.7 cm³/mol. The van der Waals surface area contributed by atoms with Crippen molar-refractivity contribution in [3.63, 3.8) is 0 Å². The number of halogens is 2. The van der Waals surface area contributed by atoms with E-state index in [0.29, 0.717) is 4.83 Å². The summed E-state index contributed by atoms with van der Waals surface area (Å²) in [5, 5.41) is 0. The molecule has 1 heterocycles. The van der Waals surface area contributed by atoms with Gasteiger partial charge in [-0.3, -0.25) is 0 Å². The number of benzene rings is 1. The second kappa shape index (κ2) is 3.77. The van der Waals surface area contributed by atoms with Crippen LogP contribution in [0.5, 0.6) is 5.75 Å². The summed E-state index contributed by atoms with van der Waals surface area (Å²) >= 11 is 5.94. The summed E-state index contributed by atoms with van der Waals surface area (Å²) < 4.78 is 6.91. The molecule has 0 bridgehead atoms. The monoisotopic (exact) mass is 352 g/mol. The highest BCUT2D eigenvalue weighted by Gasteiger charge is 2.19. The van der Waals surface area contributed by atoms with Crippen molar-refractivity contribution in [2.24, 2.45) is 0 Å². The lowest BCUT2D eigenvalue weighted by Gasteiger charge is -2.10. The molecule has 1 atom stereocenters. The number of hydrogen-bond donors (Lipinski definition) is 0. The smallest absolute Gasteiger partial charge is 0.127 e. The van der Waals surface area contributed by atoms with Gasteiger partial charge in [-0.05, 0) is 47.2 Å². The van der Waals surface area contributed by atoms with Crippen molar-refractivity contribution in [1.29, 1.82) is 0 Å². The van der Waals surface area contributed by atoms with Crippen molar-refractivity contribution >= 4 is 38.5 Å². The van der Waals surface area contributed by atoms with Crippen molar-refractivity contribution in [3.05, 3.63) is 26.8 Å². The maximum Gasteiger partial charge on any atom is 0.127 e. The molecule has 1 aliphatic rings. The minimum Gasteiger partial charge on any atom is -0.493 e. The highest BCUT2D eigenvalue weighted by molar-refractivity contribution is 14.1. The van der Waals surface area contributed by atoms with E-state index in [0.717, 1.165) is 18.8 Å². The zero-order valence-corrected chi connectivity index (χ0v) is 11.1. The second-order valence-electron chi connectivity index (χ2n) is 3.20. The number of fused-ring (bicyclic) bond motifs is 1. The van der Waals surface area contributed by atoms with Gasteiger partial charge in [-0.15, -0.1) is 0 Å². The number of ether oxygens (including phenoxy) is 1. The molecule has 0 spiro atoms. The third-order valence-electron chi connectivity index (χ3n) is 2.21. The van der Waals surface area contributed by atoms with Gasteiger partial charge in [0.2, 0.25) is 0 Å². The van der Waals surface area contributed by atoms with Crippen molar-refractivity contribution in [1.82, 2.24) is 0 Å². The molecule has 3 heteroatoms. The Kier molecular flexibility index (Phi) is 2.83. The lowest BCUT2D eigenvalue weighted by Crippen LogP contribution is -1.92. The maximum absolute atomic E-state index is 5.61. The van der Waals surface area contributed by atoms with Crippen LogP contribution in [-0.2, 0) is 6.42 Å². The molecule has 0 fully saturated rings. The van der Waals surface area contributed by atoms with E-state index in [1.807, 2.05) is 0 Å². The van der Waals surface area contributed by atoms with Gasteiger partial charge in [-0.25, -0.2) is 0 Å². The van der Waals surface area contributed by atoms with E-state index in [1.54, 1.807) is 0 Å². The summed E-state index contributed by atoms with van der Waals surface area (Å²) in [4.78, 5) is 0.370. The first-order valence-electron chi connectivity index (χ1n) is 4.27. The molecule has 0 saturated carbocycles. The molecule has 0 saturated heterocycles. The molecule has 2 rings (SSSR count). The van der Waals surface area contributed by atoms with Crippen molar-refractivity contribution < 1.29 is 4.74 Å². The van der Waals surface area contributed by atoms with Gasteiger partial charge in [-0.2, -0.15) is 0 Å². The van der Waals surface area contributed by atoms with E-state index in [4.69, 9.17) is 4.74 Å². The SMILES string of the molecule is CC(Br)c1cc(I)cc2c1OCC2. The Labute approximate surface area is 100 Å². The Hall–Kier alpha value is 0.230. The standard InChI is InChI=1S/C10H10BrIO/c1-6(11)9-5-8(12)4-7-2-3-13-10(7)9/h4-6H,2-3H2,1H3. The van der Waals surface area contributed by atoms with Crippen molar-refractivity contribution in [2.45, 2.75) is 18.2 Å². The van der Waals surface area contributed by atoms with E-state index < -0.39 is 0 Å². The van der Waals surface area contributed by atoms with Crippen LogP contribution in [0, 0.1) is 3.57 Å². The third kappa shape index (κ3) is 1.86. The van der Waals surface area contributed by atoms with Crippen LogP contribution in [0.15, 0.2) is 12.1 Å². The summed E-state index contributed by atoms with van der Waals surface area (Å²) in [6, 6.07) is 4.39. The van der Waals surface area contributed by atoms with E-state index >= 15 is 0 Å². The average molecular weight is 353 g/mol. The van der Waals surface area contributed by atoms with E-state index in [-0.39, 0.29) is 0 Å². The van der Waals surface area contributed by atoms with Crippen LogP contribution in [-0.4, -0.2) is 6.61 Å². The Morgan fingerprint density at radius 1 is 1.54 bits per heavy atom.